The van der Waals surface area contributed by atoms with E-state index >= 15 is 4.39 Å². The van der Waals surface area contributed by atoms with Gasteiger partial charge in [0.05, 0.1) is 12.1 Å². The molecule has 12 nitrogen and oxygen atoms in total. The van der Waals surface area contributed by atoms with Gasteiger partial charge in [0, 0.05) is 74.3 Å². The van der Waals surface area contributed by atoms with E-state index in [0.717, 1.165) is 23.8 Å². The average molecular weight is 749 g/mol. The lowest BCUT2D eigenvalue weighted by atomic mass is 9.82. The largest absolute Gasteiger partial charge is 0.387 e. The first-order valence-electron chi connectivity index (χ1n) is 18.1. The molecule has 5 N–H and O–H groups in total. The quantitative estimate of drug-likeness (QED) is 0.107. The lowest BCUT2D eigenvalue weighted by molar-refractivity contribution is -0.140. The van der Waals surface area contributed by atoms with Gasteiger partial charge in [-0.25, -0.2) is 8.78 Å². The molecule has 1 aliphatic rings. The van der Waals surface area contributed by atoms with Crippen LogP contribution in [-0.2, 0) is 30.5 Å². The monoisotopic (exact) mass is 748 g/mol. The second-order valence-electron chi connectivity index (χ2n) is 14.4. The number of unbranched alkanes of at least 4 members (excludes halogenated alkanes) is 2. The summed E-state index contributed by atoms with van der Waals surface area (Å²) < 4.78 is 31.2. The maximum absolute atomic E-state index is 15.0. The molecule has 0 fully saturated rings. The van der Waals surface area contributed by atoms with Crippen molar-refractivity contribution in [2.45, 2.75) is 71.5 Å². The van der Waals surface area contributed by atoms with Gasteiger partial charge >= 0.3 is 0 Å². The Morgan fingerprint density at radius 2 is 1.61 bits per heavy atom. The van der Waals surface area contributed by atoms with Crippen molar-refractivity contribution in [3.63, 3.8) is 0 Å². The zero-order chi connectivity index (χ0) is 39.4. The minimum Gasteiger partial charge on any atom is -0.387 e. The van der Waals surface area contributed by atoms with Crippen molar-refractivity contribution in [2.24, 2.45) is 11.1 Å². The number of rotatable bonds is 19. The number of nitrogens with two attached hydrogens (primary N) is 1. The first-order chi connectivity index (χ1) is 25.7. The molecule has 4 rings (SSSR count). The highest BCUT2D eigenvalue weighted by molar-refractivity contribution is 6.12. The van der Waals surface area contributed by atoms with Crippen LogP contribution in [0.2, 0.25) is 0 Å². The number of imide groups is 1. The van der Waals surface area contributed by atoms with Crippen molar-refractivity contribution in [2.75, 3.05) is 32.8 Å². The Kier molecular flexibility index (Phi) is 14.8. The SMILES string of the molecule is CC(C)(C)[C@H](c1cc(-c2cc(F)ccc2F)cn1Cc1ccccc1)N(CC[C@H](N)C(=O)NCCNC(=O)CCCCCN1C(=O)C=CC1=O)C(=O)CO. The fourth-order valence-corrected chi connectivity index (χ4v) is 6.50. The number of nitrogens with zero attached hydrogens (tertiary/aromatic N) is 3. The third-order valence-electron chi connectivity index (χ3n) is 9.18. The molecule has 2 atom stereocenters. The maximum atomic E-state index is 15.0. The molecule has 14 heteroatoms. The molecule has 0 spiro atoms. The highest BCUT2D eigenvalue weighted by atomic mass is 19.1. The minimum atomic E-state index is -1.02. The van der Waals surface area contributed by atoms with Gasteiger partial charge in [0.1, 0.15) is 18.2 Å². The molecule has 0 saturated carbocycles. The molecule has 1 aliphatic heterocycles. The summed E-state index contributed by atoms with van der Waals surface area (Å²) >= 11 is 0. The van der Waals surface area contributed by atoms with Gasteiger partial charge in [-0.05, 0) is 54.5 Å². The maximum Gasteiger partial charge on any atom is 0.253 e. The van der Waals surface area contributed by atoms with Gasteiger partial charge < -0.3 is 30.9 Å². The summed E-state index contributed by atoms with van der Waals surface area (Å²) in [6.45, 7) is 5.95. The molecular weight excluding hydrogens is 698 g/mol. The van der Waals surface area contributed by atoms with E-state index in [1.54, 1.807) is 12.3 Å². The van der Waals surface area contributed by atoms with Crippen molar-refractivity contribution in [1.29, 1.82) is 0 Å². The molecular formula is C40H50F2N6O6. The molecule has 1 aromatic heterocycles. The summed E-state index contributed by atoms with van der Waals surface area (Å²) in [5.74, 6) is -3.13. The number of amides is 5. The molecule has 2 aromatic carbocycles. The van der Waals surface area contributed by atoms with Crippen LogP contribution in [0.5, 0.6) is 0 Å². The number of hydrogen-bond donors (Lipinski definition) is 4. The normalized spacial score (nSPS) is 13.9. The van der Waals surface area contributed by atoms with Crippen LogP contribution in [0.1, 0.15) is 70.2 Å². The zero-order valence-corrected chi connectivity index (χ0v) is 31.0. The Hall–Kier alpha value is -5.21. The van der Waals surface area contributed by atoms with Crippen LogP contribution < -0.4 is 16.4 Å². The molecule has 5 amide bonds. The van der Waals surface area contributed by atoms with E-state index in [-0.39, 0.29) is 55.8 Å². The molecule has 0 saturated heterocycles. The molecule has 290 valence electrons. The van der Waals surface area contributed by atoms with Gasteiger partial charge in [-0.3, -0.25) is 28.9 Å². The number of aliphatic hydroxyl groups excluding tert-OH is 1. The van der Waals surface area contributed by atoms with Crippen LogP contribution >= 0.6 is 0 Å². The van der Waals surface area contributed by atoms with E-state index in [1.165, 1.54) is 22.0 Å². The molecule has 0 aliphatic carbocycles. The first-order valence-corrected chi connectivity index (χ1v) is 18.1. The summed E-state index contributed by atoms with van der Waals surface area (Å²) in [5.41, 5.74) is 7.66. The Morgan fingerprint density at radius 3 is 2.28 bits per heavy atom. The van der Waals surface area contributed by atoms with Gasteiger partial charge in [-0.1, -0.05) is 57.5 Å². The smallest absolute Gasteiger partial charge is 0.253 e. The van der Waals surface area contributed by atoms with E-state index < -0.39 is 47.6 Å². The number of aliphatic hydroxyl groups is 1. The van der Waals surface area contributed by atoms with Gasteiger partial charge in [0.2, 0.25) is 17.7 Å². The summed E-state index contributed by atoms with van der Waals surface area (Å²) in [6, 6.07) is 12.8. The van der Waals surface area contributed by atoms with Crippen LogP contribution in [0.25, 0.3) is 11.1 Å². The topological polar surface area (TPSA) is 167 Å². The number of nitrogens with one attached hydrogen (secondary N) is 2. The van der Waals surface area contributed by atoms with Crippen LogP contribution in [0, 0.1) is 17.0 Å². The van der Waals surface area contributed by atoms with Crippen molar-refractivity contribution in [3.05, 3.63) is 95.8 Å². The van der Waals surface area contributed by atoms with E-state index in [2.05, 4.69) is 10.6 Å². The predicted octanol–water partition coefficient (Wildman–Crippen LogP) is 3.82. The first kappa shape index (κ1) is 41.5. The Morgan fingerprint density at radius 1 is 0.926 bits per heavy atom. The summed E-state index contributed by atoms with van der Waals surface area (Å²) in [7, 11) is 0. The summed E-state index contributed by atoms with van der Waals surface area (Å²) in [4.78, 5) is 64.5. The predicted molar refractivity (Wildman–Crippen MR) is 199 cm³/mol. The minimum absolute atomic E-state index is 0.00339. The second-order valence-corrected chi connectivity index (χ2v) is 14.4. The Balaban J connectivity index is 1.37. The molecule has 2 heterocycles. The standard InChI is InChI=1S/C40H50F2N6O6/c1-40(2,3)38(33-22-28(30-23-29(41)13-14-31(30)42)25-46(33)24-27-10-6-4-7-11-27)48(37(53)26-49)21-17-32(43)39(54)45-19-18-44-34(50)12-8-5-9-20-47-35(51)15-16-36(47)52/h4,6-7,10-11,13-16,22-23,25,32,38,49H,5,8-9,12,17-21,24,26,43H2,1-3H3,(H,44,50)(H,45,54)/t32-,38-/m0/s1. The second kappa shape index (κ2) is 19.2. The summed E-state index contributed by atoms with van der Waals surface area (Å²) in [6.07, 6.45) is 6.33. The lowest BCUT2D eigenvalue weighted by Crippen LogP contribution is -2.48. The highest BCUT2D eigenvalue weighted by Crippen LogP contribution is 2.41. The van der Waals surface area contributed by atoms with E-state index in [4.69, 9.17) is 5.73 Å². The number of halogens is 2. The van der Waals surface area contributed by atoms with E-state index in [0.29, 0.717) is 43.6 Å². The van der Waals surface area contributed by atoms with Crippen molar-refractivity contribution < 1.29 is 37.9 Å². The third-order valence-corrected chi connectivity index (χ3v) is 9.18. The van der Waals surface area contributed by atoms with Crippen LogP contribution in [0.3, 0.4) is 0 Å². The van der Waals surface area contributed by atoms with Crippen molar-refractivity contribution >= 4 is 29.5 Å². The number of hydrogen-bond acceptors (Lipinski definition) is 7. The van der Waals surface area contributed by atoms with Gasteiger partial charge in [0.25, 0.3) is 11.8 Å². The van der Waals surface area contributed by atoms with Crippen molar-refractivity contribution in [3.8, 4) is 11.1 Å². The van der Waals surface area contributed by atoms with Crippen LogP contribution in [-0.4, -0.2) is 87.8 Å². The molecule has 0 unspecified atom stereocenters. The Labute approximate surface area is 314 Å². The fraction of sp³-hybridized carbons (Fsp3) is 0.425. The van der Waals surface area contributed by atoms with Crippen molar-refractivity contribution in [1.82, 2.24) is 25.0 Å². The molecule has 54 heavy (non-hydrogen) atoms. The Bertz CT molecular complexity index is 1800. The zero-order valence-electron chi connectivity index (χ0n) is 31.0. The molecule has 0 radical (unpaired) electrons. The van der Waals surface area contributed by atoms with Crippen LogP contribution in [0.15, 0.2) is 72.9 Å². The lowest BCUT2D eigenvalue weighted by Gasteiger charge is -2.41. The molecule has 3 aromatic rings. The number of aromatic nitrogens is 1. The highest BCUT2D eigenvalue weighted by Gasteiger charge is 2.37. The number of carbonyl (C=O) groups is 5. The van der Waals surface area contributed by atoms with E-state index in [9.17, 15) is 33.5 Å². The summed E-state index contributed by atoms with van der Waals surface area (Å²) in [5, 5.41) is 15.5. The van der Waals surface area contributed by atoms with Gasteiger partial charge in [-0.15, -0.1) is 0 Å². The third kappa shape index (κ3) is 11.4. The number of carbonyl (C=O) groups excluding carboxylic acids is 5. The van der Waals surface area contributed by atoms with Crippen LogP contribution in [0.4, 0.5) is 8.78 Å². The average Bonchev–Trinajstić information content (AvgIpc) is 3.69. The fourth-order valence-electron chi connectivity index (χ4n) is 6.50. The van der Waals surface area contributed by atoms with Gasteiger partial charge in [-0.2, -0.15) is 0 Å². The van der Waals surface area contributed by atoms with E-state index in [1.807, 2.05) is 55.7 Å². The number of benzene rings is 2. The van der Waals surface area contributed by atoms with Gasteiger partial charge in [0.15, 0.2) is 0 Å². The molecule has 0 bridgehead atoms.